The lowest BCUT2D eigenvalue weighted by Gasteiger charge is -2.19. The maximum Gasteiger partial charge on any atom is 0.441 e. The molecule has 0 unspecified atom stereocenters. The third-order valence-electron chi connectivity index (χ3n) is 4.20. The number of hydrazone groups is 1. The van der Waals surface area contributed by atoms with Crippen molar-refractivity contribution < 1.29 is 31.9 Å². The number of amidine groups is 2. The van der Waals surface area contributed by atoms with E-state index in [1.807, 2.05) is 0 Å². The number of fused-ring (bicyclic) bond motifs is 1. The molecular formula is C19H12ClF3N4O4S. The minimum absolute atomic E-state index is 0. The van der Waals surface area contributed by atoms with E-state index < -0.39 is 28.9 Å². The minimum Gasteiger partial charge on any atom is -0.465 e. The zero-order valence-electron chi connectivity index (χ0n) is 16.0. The van der Waals surface area contributed by atoms with Gasteiger partial charge in [-0.15, -0.1) is 12.4 Å². The van der Waals surface area contributed by atoms with Crippen molar-refractivity contribution in [3.8, 4) is 11.3 Å². The molecule has 0 aliphatic carbocycles. The van der Waals surface area contributed by atoms with Gasteiger partial charge >= 0.3 is 12.1 Å². The molecule has 1 amide bonds. The molecule has 2 aromatic rings. The van der Waals surface area contributed by atoms with Crippen molar-refractivity contribution in [1.82, 2.24) is 5.01 Å². The standard InChI is InChI=1S/C19H11F3N4O4S.ClH/c1-29-16(28)10-4-2-9(3-5-10)13-7-6-11(30-13)8-12-14(23)26-18(24-15(12)27)31-17(25-26)19(20,21)22;/h2-8,23H,1H3;1H. The molecule has 0 radical (unpaired) electrons. The van der Waals surface area contributed by atoms with E-state index in [0.717, 1.165) is 0 Å². The van der Waals surface area contributed by atoms with Crippen LogP contribution in [0.3, 0.4) is 0 Å². The molecule has 8 nitrogen and oxygen atoms in total. The quantitative estimate of drug-likeness (QED) is 0.513. The van der Waals surface area contributed by atoms with Crippen LogP contribution in [0.5, 0.6) is 0 Å². The van der Waals surface area contributed by atoms with Crippen LogP contribution >= 0.6 is 24.2 Å². The molecule has 0 atom stereocenters. The monoisotopic (exact) mass is 484 g/mol. The van der Waals surface area contributed by atoms with Gasteiger partial charge in [-0.1, -0.05) is 12.1 Å². The summed E-state index contributed by atoms with van der Waals surface area (Å²) < 4.78 is 48.9. The van der Waals surface area contributed by atoms with Crippen LogP contribution in [0.25, 0.3) is 17.4 Å². The van der Waals surface area contributed by atoms with E-state index in [-0.39, 0.29) is 40.7 Å². The van der Waals surface area contributed by atoms with E-state index in [4.69, 9.17) is 9.83 Å². The Labute approximate surface area is 188 Å². The van der Waals surface area contributed by atoms with Gasteiger partial charge in [0.2, 0.25) is 10.2 Å². The molecule has 32 heavy (non-hydrogen) atoms. The van der Waals surface area contributed by atoms with Crippen molar-refractivity contribution in [2.45, 2.75) is 6.18 Å². The summed E-state index contributed by atoms with van der Waals surface area (Å²) in [6.07, 6.45) is -3.50. The van der Waals surface area contributed by atoms with Crippen molar-refractivity contribution in [2.24, 2.45) is 10.1 Å². The molecule has 1 aromatic carbocycles. The minimum atomic E-state index is -4.71. The zero-order chi connectivity index (χ0) is 22.3. The molecule has 0 bridgehead atoms. The number of furan rings is 1. The Morgan fingerprint density at radius 2 is 1.91 bits per heavy atom. The largest absolute Gasteiger partial charge is 0.465 e. The van der Waals surface area contributed by atoms with Gasteiger partial charge in [-0.05, 0) is 42.1 Å². The first-order valence-electron chi connectivity index (χ1n) is 8.53. The number of aliphatic imine (C=N–C) groups is 1. The second-order valence-electron chi connectivity index (χ2n) is 6.19. The van der Waals surface area contributed by atoms with Gasteiger partial charge in [-0.25, -0.2) is 4.79 Å². The molecule has 1 N–H and O–H groups in total. The second kappa shape index (κ2) is 8.63. The van der Waals surface area contributed by atoms with Crippen LogP contribution in [0.4, 0.5) is 13.2 Å². The van der Waals surface area contributed by atoms with Crippen LogP contribution < -0.4 is 0 Å². The van der Waals surface area contributed by atoms with Crippen molar-refractivity contribution >= 4 is 58.2 Å². The number of benzene rings is 1. The summed E-state index contributed by atoms with van der Waals surface area (Å²) in [7, 11) is 1.27. The smallest absolute Gasteiger partial charge is 0.441 e. The summed E-state index contributed by atoms with van der Waals surface area (Å²) in [6, 6.07) is 9.53. The van der Waals surface area contributed by atoms with Crippen molar-refractivity contribution in [3.63, 3.8) is 0 Å². The van der Waals surface area contributed by atoms with Gasteiger partial charge in [-0.2, -0.15) is 28.3 Å². The number of alkyl halides is 3. The number of thioether (sulfide) groups is 1. The zero-order valence-corrected chi connectivity index (χ0v) is 17.6. The number of ether oxygens (including phenoxy) is 1. The first-order valence-corrected chi connectivity index (χ1v) is 9.35. The number of hydrogen-bond acceptors (Lipinski definition) is 7. The fraction of sp³-hybridized carbons (Fsp3) is 0.105. The van der Waals surface area contributed by atoms with Crippen LogP contribution in [0.2, 0.25) is 0 Å². The predicted octanol–water partition coefficient (Wildman–Crippen LogP) is 4.34. The van der Waals surface area contributed by atoms with Gasteiger partial charge in [0.25, 0.3) is 5.91 Å². The molecule has 2 aliphatic heterocycles. The van der Waals surface area contributed by atoms with E-state index in [2.05, 4.69) is 14.8 Å². The average Bonchev–Trinajstić information content (AvgIpc) is 3.38. The summed E-state index contributed by atoms with van der Waals surface area (Å²) in [6.45, 7) is 0. The Balaban J connectivity index is 0.00000289. The third-order valence-corrected chi connectivity index (χ3v) is 5.15. The van der Waals surface area contributed by atoms with Crippen LogP contribution in [0.1, 0.15) is 16.1 Å². The highest BCUT2D eigenvalue weighted by Gasteiger charge is 2.46. The number of halogens is 4. The Hall–Kier alpha value is -3.38. The normalized spacial score (nSPS) is 17.0. The first kappa shape index (κ1) is 23.3. The maximum atomic E-state index is 12.9. The Kier molecular flexibility index (Phi) is 6.28. The Morgan fingerprint density at radius 3 is 2.53 bits per heavy atom. The van der Waals surface area contributed by atoms with Gasteiger partial charge in [0, 0.05) is 5.56 Å². The molecule has 166 valence electrons. The molecule has 1 aromatic heterocycles. The Morgan fingerprint density at radius 1 is 1.22 bits per heavy atom. The maximum absolute atomic E-state index is 12.9. The van der Waals surface area contributed by atoms with Gasteiger partial charge in [0.05, 0.1) is 18.2 Å². The van der Waals surface area contributed by atoms with E-state index in [1.54, 1.807) is 30.3 Å². The highest BCUT2D eigenvalue weighted by Crippen LogP contribution is 2.35. The topological polar surface area (TPSA) is 108 Å². The summed E-state index contributed by atoms with van der Waals surface area (Å²) in [4.78, 5) is 27.4. The third kappa shape index (κ3) is 4.32. The van der Waals surface area contributed by atoms with Crippen molar-refractivity contribution in [2.75, 3.05) is 7.11 Å². The number of methoxy groups -OCH3 is 1. The van der Waals surface area contributed by atoms with E-state index in [0.29, 0.717) is 21.9 Å². The van der Waals surface area contributed by atoms with E-state index in [9.17, 15) is 22.8 Å². The van der Waals surface area contributed by atoms with Gasteiger partial charge < -0.3 is 9.15 Å². The molecule has 13 heteroatoms. The summed E-state index contributed by atoms with van der Waals surface area (Å²) in [5.74, 6) is -1.30. The number of nitrogens with one attached hydrogen (secondary N) is 1. The van der Waals surface area contributed by atoms with Crippen LogP contribution in [0.15, 0.2) is 56.5 Å². The average molecular weight is 485 g/mol. The predicted molar refractivity (Wildman–Crippen MR) is 114 cm³/mol. The van der Waals surface area contributed by atoms with Gasteiger partial charge in [0.15, 0.2) is 5.84 Å². The molecule has 4 rings (SSSR count). The summed E-state index contributed by atoms with van der Waals surface area (Å²) in [5.41, 5.74) is 0.730. The molecule has 0 saturated carbocycles. The van der Waals surface area contributed by atoms with Gasteiger partial charge in [0.1, 0.15) is 11.5 Å². The lowest BCUT2D eigenvalue weighted by Crippen LogP contribution is -2.35. The van der Waals surface area contributed by atoms with Crippen LogP contribution in [-0.4, -0.2) is 46.2 Å². The number of carbonyl (C=O) groups is 2. The summed E-state index contributed by atoms with van der Waals surface area (Å²) >= 11 is 0.179. The van der Waals surface area contributed by atoms with E-state index in [1.165, 1.54) is 19.3 Å². The highest BCUT2D eigenvalue weighted by molar-refractivity contribution is 8.27. The summed E-state index contributed by atoms with van der Waals surface area (Å²) in [5, 5.41) is 10.6. The van der Waals surface area contributed by atoms with Crippen molar-refractivity contribution in [1.29, 1.82) is 5.41 Å². The molecule has 3 heterocycles. The number of carbonyl (C=O) groups excluding carboxylic acids is 2. The van der Waals surface area contributed by atoms with E-state index >= 15 is 0 Å². The number of rotatable bonds is 3. The van der Waals surface area contributed by atoms with Crippen LogP contribution in [-0.2, 0) is 9.53 Å². The number of esters is 1. The highest BCUT2D eigenvalue weighted by atomic mass is 35.5. The second-order valence-corrected chi connectivity index (χ2v) is 7.15. The fourth-order valence-corrected chi connectivity index (χ4v) is 3.48. The lowest BCUT2D eigenvalue weighted by atomic mass is 10.1. The van der Waals surface area contributed by atoms with Crippen molar-refractivity contribution in [3.05, 3.63) is 53.3 Å². The van der Waals surface area contributed by atoms with Gasteiger partial charge in [-0.3, -0.25) is 10.2 Å². The first-order chi connectivity index (χ1) is 14.7. The Bertz CT molecular complexity index is 1200. The molecule has 0 fully saturated rings. The fourth-order valence-electron chi connectivity index (χ4n) is 2.72. The number of nitrogens with zero attached hydrogens (tertiary/aromatic N) is 3. The molecule has 2 aliphatic rings. The molecule has 0 spiro atoms. The SMILES string of the molecule is COC(=O)c1ccc(-c2ccc(C=C3C(=N)N4N=C(C(F)(F)F)SC4=NC3=O)o2)cc1.Cl. The molecular weight excluding hydrogens is 473 g/mol. The number of amides is 1. The lowest BCUT2D eigenvalue weighted by molar-refractivity contribution is -0.114. The molecule has 0 saturated heterocycles. The number of hydrogen-bond donors (Lipinski definition) is 1. The van der Waals surface area contributed by atoms with Crippen LogP contribution in [0, 0.1) is 5.41 Å².